The van der Waals surface area contributed by atoms with Crippen LogP contribution in [0.1, 0.15) is 26.2 Å². The molecule has 0 saturated carbocycles. The Morgan fingerprint density at radius 1 is 1.40 bits per heavy atom. The zero-order valence-corrected chi connectivity index (χ0v) is 14.8. The fourth-order valence-corrected chi connectivity index (χ4v) is 4.64. The van der Waals surface area contributed by atoms with E-state index in [1.807, 2.05) is 0 Å². The van der Waals surface area contributed by atoms with E-state index in [1.165, 1.54) is 18.9 Å². The average Bonchev–Trinajstić information content (AvgIpc) is 2.15. The predicted octanol–water partition coefficient (Wildman–Crippen LogP) is 3.02. The van der Waals surface area contributed by atoms with E-state index in [9.17, 15) is 4.79 Å². The van der Waals surface area contributed by atoms with Gasteiger partial charge in [-0.25, -0.2) is 4.79 Å². The molecule has 0 aromatic carbocycles. The van der Waals surface area contributed by atoms with Gasteiger partial charge in [0.25, 0.3) is 0 Å². The van der Waals surface area contributed by atoms with Gasteiger partial charge in [0.1, 0.15) is 0 Å². The summed E-state index contributed by atoms with van der Waals surface area (Å²) in [6, 6.07) is 1.41. The van der Waals surface area contributed by atoms with Gasteiger partial charge in [0.15, 0.2) is 0 Å². The lowest BCUT2D eigenvalue weighted by atomic mass is 10.3. The highest BCUT2D eigenvalue weighted by atomic mass is 127. The number of hydrogen-bond donors (Lipinski definition) is 0. The number of unbranched alkanes of at least 4 members (excludes halogenated alkanes) is 2. The van der Waals surface area contributed by atoms with Crippen molar-refractivity contribution in [3.63, 3.8) is 0 Å². The molecule has 0 aliphatic carbocycles. The Balaban J connectivity index is 3.18. The molecule has 0 rings (SSSR count). The van der Waals surface area contributed by atoms with Crippen molar-refractivity contribution in [1.29, 1.82) is 0 Å². The summed E-state index contributed by atoms with van der Waals surface area (Å²) in [7, 11) is 0.135. The number of carbonyl (C=O) groups excluding carboxylic acids is 1. The van der Waals surface area contributed by atoms with Crippen LogP contribution in [0.2, 0.25) is 6.04 Å². The molecule has 0 unspecified atom stereocenters. The molecule has 2 nitrogen and oxygen atoms in total. The third-order valence-electron chi connectivity index (χ3n) is 1.90. The second-order valence-electron chi connectivity index (χ2n) is 3.51. The van der Waals surface area contributed by atoms with Crippen LogP contribution in [-0.4, -0.2) is 23.7 Å². The molecule has 5 heteroatoms. The van der Waals surface area contributed by atoms with Crippen LogP contribution in [0.5, 0.6) is 0 Å². The first-order valence-electron chi connectivity index (χ1n) is 5.15. The maximum atomic E-state index is 11.0. The lowest BCUT2D eigenvalue weighted by Crippen LogP contribution is -2.06. The Labute approximate surface area is 122 Å². The first kappa shape index (κ1) is 15.9. The lowest BCUT2D eigenvalue weighted by molar-refractivity contribution is -0.139. The minimum atomic E-state index is -0.260. The number of halogens is 2. The average molecular weight is 452 g/mol. The SMILES string of the molecule is C=C(C)C(=O)OCCCCC[SiH2]C(I)I. The van der Waals surface area contributed by atoms with Gasteiger partial charge < -0.3 is 4.74 Å². The second kappa shape index (κ2) is 10.1. The number of rotatable bonds is 8. The van der Waals surface area contributed by atoms with E-state index < -0.39 is 0 Å². The van der Waals surface area contributed by atoms with E-state index in [2.05, 4.69) is 51.8 Å². The molecule has 0 radical (unpaired) electrons. The molecule has 0 bridgehead atoms. The number of carbonyl (C=O) groups is 1. The topological polar surface area (TPSA) is 26.3 Å². The van der Waals surface area contributed by atoms with Crippen molar-refractivity contribution in [2.45, 2.75) is 33.8 Å². The molecule has 0 atom stereocenters. The summed E-state index contributed by atoms with van der Waals surface area (Å²) in [6.45, 7) is 5.75. The van der Waals surface area contributed by atoms with Crippen LogP contribution in [-0.2, 0) is 9.53 Å². The van der Waals surface area contributed by atoms with Crippen LogP contribution >= 0.6 is 45.2 Å². The smallest absolute Gasteiger partial charge is 0.333 e. The van der Waals surface area contributed by atoms with Crippen LogP contribution in [0.25, 0.3) is 0 Å². The predicted molar refractivity (Wildman–Crippen MR) is 84.8 cm³/mol. The van der Waals surface area contributed by atoms with Crippen LogP contribution in [0, 0.1) is 0 Å². The molecular formula is C10H18I2O2Si. The molecule has 0 spiro atoms. The largest absolute Gasteiger partial charge is 0.462 e. The summed E-state index contributed by atoms with van der Waals surface area (Å²) in [5.41, 5.74) is 0.486. The maximum absolute atomic E-state index is 11.0. The normalized spacial score (nSPS) is 11.2. The lowest BCUT2D eigenvalue weighted by Gasteiger charge is -2.04. The summed E-state index contributed by atoms with van der Waals surface area (Å²) in [5, 5.41) is 0. The van der Waals surface area contributed by atoms with Gasteiger partial charge in [-0.1, -0.05) is 70.6 Å². The molecule has 0 saturated heterocycles. The highest BCUT2D eigenvalue weighted by Gasteiger charge is 2.02. The van der Waals surface area contributed by atoms with E-state index in [0.717, 1.165) is 7.98 Å². The first-order valence-corrected chi connectivity index (χ1v) is 9.45. The van der Waals surface area contributed by atoms with Gasteiger partial charge in [0.05, 0.1) is 6.61 Å². The van der Waals surface area contributed by atoms with E-state index in [-0.39, 0.29) is 15.5 Å². The molecule has 0 N–H and O–H groups in total. The maximum Gasteiger partial charge on any atom is 0.333 e. The standard InChI is InChI=1S/C10H18I2O2Si/c1-8(2)9(13)14-6-4-3-5-7-15-10(11)12/h10H,1,3-7,15H2,2H3. The first-order chi connectivity index (χ1) is 7.04. The number of ether oxygens (including phenoxy) is 1. The molecule has 0 aromatic rings. The van der Waals surface area contributed by atoms with Crippen molar-refractivity contribution in [3.8, 4) is 0 Å². The molecule has 0 aliphatic rings. The van der Waals surface area contributed by atoms with E-state index in [0.29, 0.717) is 12.2 Å². The summed E-state index contributed by atoms with van der Waals surface area (Å²) in [5.74, 6) is -0.260. The molecule has 0 aromatic heterocycles. The van der Waals surface area contributed by atoms with Gasteiger partial charge >= 0.3 is 5.97 Å². The number of alkyl halides is 2. The molecule has 88 valence electrons. The zero-order valence-electron chi connectivity index (χ0n) is 9.10. The molecule has 0 aliphatic heterocycles. The van der Waals surface area contributed by atoms with Gasteiger partial charge in [-0.3, -0.25) is 0 Å². The van der Waals surface area contributed by atoms with Crippen LogP contribution in [0.4, 0.5) is 0 Å². The van der Waals surface area contributed by atoms with Gasteiger partial charge in [0, 0.05) is 16.6 Å². The molecule has 0 amide bonds. The van der Waals surface area contributed by atoms with Gasteiger partial charge in [-0.2, -0.15) is 0 Å². The Morgan fingerprint density at radius 3 is 2.60 bits per heavy atom. The van der Waals surface area contributed by atoms with E-state index in [1.54, 1.807) is 6.92 Å². The quantitative estimate of drug-likeness (QED) is 0.141. The van der Waals surface area contributed by atoms with E-state index in [4.69, 9.17) is 4.74 Å². The van der Waals surface area contributed by atoms with Crippen molar-refractivity contribution < 1.29 is 9.53 Å². The zero-order chi connectivity index (χ0) is 11.7. The molecule has 0 fully saturated rings. The Hall–Kier alpha value is 0.887. The Bertz CT molecular complexity index is 208. The highest BCUT2D eigenvalue weighted by molar-refractivity contribution is 14.2. The monoisotopic (exact) mass is 452 g/mol. The molecule has 15 heavy (non-hydrogen) atoms. The minimum absolute atomic E-state index is 0.135. The van der Waals surface area contributed by atoms with Crippen LogP contribution in [0.3, 0.4) is 0 Å². The van der Waals surface area contributed by atoms with Crippen molar-refractivity contribution in [1.82, 2.24) is 0 Å². The highest BCUT2D eigenvalue weighted by Crippen LogP contribution is 2.11. The van der Waals surface area contributed by atoms with Crippen molar-refractivity contribution in [2.24, 2.45) is 0 Å². The van der Waals surface area contributed by atoms with Crippen LogP contribution < -0.4 is 0 Å². The summed E-state index contributed by atoms with van der Waals surface area (Å²) in [6.07, 6.45) is 3.45. The van der Waals surface area contributed by atoms with Crippen LogP contribution in [0.15, 0.2) is 12.2 Å². The molecule has 0 heterocycles. The second-order valence-corrected chi connectivity index (χ2v) is 14.3. The van der Waals surface area contributed by atoms with Gasteiger partial charge in [-0.05, 0) is 13.3 Å². The fraction of sp³-hybridized carbons (Fsp3) is 0.700. The van der Waals surface area contributed by atoms with Gasteiger partial charge in [-0.15, -0.1) is 0 Å². The van der Waals surface area contributed by atoms with Crippen molar-refractivity contribution in [2.75, 3.05) is 6.61 Å². The summed E-state index contributed by atoms with van der Waals surface area (Å²) in [4.78, 5) is 11.0. The molecular weight excluding hydrogens is 434 g/mol. The minimum Gasteiger partial charge on any atom is -0.462 e. The van der Waals surface area contributed by atoms with Gasteiger partial charge in [0.2, 0.25) is 0 Å². The summed E-state index contributed by atoms with van der Waals surface area (Å²) < 4.78 is 5.88. The Kier molecular flexibility index (Phi) is 10.7. The third-order valence-corrected chi connectivity index (χ3v) is 6.98. The van der Waals surface area contributed by atoms with E-state index >= 15 is 0 Å². The van der Waals surface area contributed by atoms with Crippen molar-refractivity contribution >= 4 is 60.7 Å². The number of hydrogen-bond acceptors (Lipinski definition) is 2. The van der Waals surface area contributed by atoms with Crippen molar-refractivity contribution in [3.05, 3.63) is 12.2 Å². The third kappa shape index (κ3) is 11.2. The fourth-order valence-electron chi connectivity index (χ4n) is 1.04. The Morgan fingerprint density at radius 2 is 2.07 bits per heavy atom. The summed E-state index contributed by atoms with van der Waals surface area (Å²) >= 11 is 4.99. The number of esters is 1.